The van der Waals surface area contributed by atoms with E-state index < -0.39 is 0 Å². The summed E-state index contributed by atoms with van der Waals surface area (Å²) in [7, 11) is 0. The van der Waals surface area contributed by atoms with Gasteiger partial charge in [-0.05, 0) is 61.4 Å². The molecule has 0 saturated carbocycles. The van der Waals surface area contributed by atoms with Crippen LogP contribution >= 0.6 is 0 Å². The molecule has 0 spiro atoms. The Morgan fingerprint density at radius 1 is 1.13 bits per heavy atom. The summed E-state index contributed by atoms with van der Waals surface area (Å²) in [4.78, 5) is 0. The highest BCUT2D eigenvalue weighted by atomic mass is 14.5. The number of nitrogen functional groups attached to an aromatic ring is 1. The van der Waals surface area contributed by atoms with Crippen LogP contribution in [0.25, 0.3) is 5.57 Å². The van der Waals surface area contributed by atoms with Gasteiger partial charge in [0.25, 0.3) is 0 Å². The summed E-state index contributed by atoms with van der Waals surface area (Å²) in [6, 6.07) is 6.39. The summed E-state index contributed by atoms with van der Waals surface area (Å²) in [5, 5.41) is 0. The number of benzene rings is 1. The van der Waals surface area contributed by atoms with Crippen LogP contribution in [-0.4, -0.2) is 0 Å². The largest absolute Gasteiger partial charge is 0.399 e. The zero-order valence-electron chi connectivity index (χ0n) is 9.42. The van der Waals surface area contributed by atoms with Crippen LogP contribution in [0.5, 0.6) is 0 Å². The minimum atomic E-state index is 0.896. The molecule has 0 aliphatic heterocycles. The smallest absolute Gasteiger partial charge is 0.0344 e. The van der Waals surface area contributed by atoms with Gasteiger partial charge in [-0.3, -0.25) is 0 Å². The summed E-state index contributed by atoms with van der Waals surface area (Å²) in [5.41, 5.74) is 10.8. The van der Waals surface area contributed by atoms with Gasteiger partial charge in [-0.2, -0.15) is 0 Å². The standard InChI is InChI=1S/C14H19N/c1-11-10-13(8-9-14(11)15)12-6-4-2-3-5-7-12/h6,8-10H,2-5,7,15H2,1H3. The van der Waals surface area contributed by atoms with Crippen LogP contribution in [0.15, 0.2) is 24.3 Å². The molecule has 80 valence electrons. The van der Waals surface area contributed by atoms with Gasteiger partial charge in [0.2, 0.25) is 0 Å². The van der Waals surface area contributed by atoms with Crippen LogP contribution in [0.1, 0.15) is 43.2 Å². The number of hydrogen-bond acceptors (Lipinski definition) is 1. The lowest BCUT2D eigenvalue weighted by Gasteiger charge is -2.08. The highest BCUT2D eigenvalue weighted by Crippen LogP contribution is 2.27. The minimum Gasteiger partial charge on any atom is -0.399 e. The normalized spacial score (nSPS) is 17.0. The molecule has 2 N–H and O–H groups in total. The van der Waals surface area contributed by atoms with Crippen molar-refractivity contribution in [3.63, 3.8) is 0 Å². The maximum Gasteiger partial charge on any atom is 0.0344 e. The van der Waals surface area contributed by atoms with Crippen molar-refractivity contribution in [1.29, 1.82) is 0 Å². The molecule has 1 nitrogen and oxygen atoms in total. The van der Waals surface area contributed by atoms with E-state index in [9.17, 15) is 0 Å². The fourth-order valence-corrected chi connectivity index (χ4v) is 2.15. The Morgan fingerprint density at radius 2 is 2.00 bits per heavy atom. The number of rotatable bonds is 1. The number of hydrogen-bond donors (Lipinski definition) is 1. The Labute approximate surface area is 92.0 Å². The molecule has 0 saturated heterocycles. The van der Waals surface area contributed by atoms with Gasteiger partial charge >= 0.3 is 0 Å². The van der Waals surface area contributed by atoms with Crippen molar-refractivity contribution < 1.29 is 0 Å². The predicted octanol–water partition coefficient (Wildman–Crippen LogP) is 3.92. The molecule has 0 atom stereocenters. The first-order chi connectivity index (χ1) is 7.27. The van der Waals surface area contributed by atoms with Gasteiger partial charge in [-0.15, -0.1) is 0 Å². The Hall–Kier alpha value is -1.24. The predicted molar refractivity (Wildman–Crippen MR) is 66.7 cm³/mol. The third kappa shape index (κ3) is 2.41. The molecule has 0 unspecified atom stereocenters. The molecule has 2 rings (SSSR count). The molecule has 1 aliphatic carbocycles. The molecule has 1 aromatic carbocycles. The quantitative estimate of drug-likeness (QED) is 0.685. The molecular formula is C14H19N. The summed E-state index contributed by atoms with van der Waals surface area (Å²) in [6.07, 6.45) is 8.90. The average Bonchev–Trinajstić information content (AvgIpc) is 2.50. The molecule has 0 aromatic heterocycles. The highest BCUT2D eigenvalue weighted by molar-refractivity contribution is 5.68. The van der Waals surface area contributed by atoms with Gasteiger partial charge < -0.3 is 5.73 Å². The molecule has 0 radical (unpaired) electrons. The van der Waals surface area contributed by atoms with Gasteiger partial charge in [0.15, 0.2) is 0 Å². The van der Waals surface area contributed by atoms with Crippen molar-refractivity contribution in [2.45, 2.75) is 39.0 Å². The summed E-state index contributed by atoms with van der Waals surface area (Å²) >= 11 is 0. The minimum absolute atomic E-state index is 0.896. The third-order valence-electron chi connectivity index (χ3n) is 3.18. The monoisotopic (exact) mass is 201 g/mol. The maximum atomic E-state index is 5.83. The SMILES string of the molecule is Cc1cc(C2=CCCCCC2)ccc1N. The first kappa shape index (κ1) is 10.3. The van der Waals surface area contributed by atoms with E-state index in [1.807, 2.05) is 6.07 Å². The van der Waals surface area contributed by atoms with Crippen molar-refractivity contribution in [3.05, 3.63) is 35.4 Å². The van der Waals surface area contributed by atoms with Crippen LogP contribution in [0, 0.1) is 6.92 Å². The molecule has 1 aliphatic rings. The molecule has 15 heavy (non-hydrogen) atoms. The Balaban J connectivity index is 2.27. The fourth-order valence-electron chi connectivity index (χ4n) is 2.15. The zero-order valence-corrected chi connectivity index (χ0v) is 9.42. The molecule has 0 amide bonds. The Bertz CT molecular complexity index is 377. The lowest BCUT2D eigenvalue weighted by atomic mass is 9.99. The molecule has 0 heterocycles. The molecule has 1 heteroatoms. The van der Waals surface area contributed by atoms with E-state index in [-0.39, 0.29) is 0 Å². The van der Waals surface area contributed by atoms with Crippen LogP contribution in [0.3, 0.4) is 0 Å². The lowest BCUT2D eigenvalue weighted by Crippen LogP contribution is -1.91. The first-order valence-electron chi connectivity index (χ1n) is 5.83. The molecular weight excluding hydrogens is 182 g/mol. The van der Waals surface area contributed by atoms with Crippen LogP contribution in [0.2, 0.25) is 0 Å². The van der Waals surface area contributed by atoms with Crippen LogP contribution in [0.4, 0.5) is 5.69 Å². The van der Waals surface area contributed by atoms with E-state index in [0.29, 0.717) is 0 Å². The van der Waals surface area contributed by atoms with Gasteiger partial charge in [-0.25, -0.2) is 0 Å². The Kier molecular flexibility index (Phi) is 3.10. The Morgan fingerprint density at radius 3 is 2.80 bits per heavy atom. The van der Waals surface area contributed by atoms with Gasteiger partial charge in [0, 0.05) is 5.69 Å². The van der Waals surface area contributed by atoms with E-state index in [4.69, 9.17) is 5.73 Å². The van der Waals surface area contributed by atoms with E-state index in [0.717, 1.165) is 5.69 Å². The second kappa shape index (κ2) is 4.52. The fraction of sp³-hybridized carbons (Fsp3) is 0.429. The number of nitrogens with two attached hydrogens (primary N) is 1. The molecule has 0 bridgehead atoms. The molecule has 0 fully saturated rings. The van der Waals surface area contributed by atoms with Gasteiger partial charge in [0.05, 0.1) is 0 Å². The van der Waals surface area contributed by atoms with Gasteiger partial charge in [-0.1, -0.05) is 18.6 Å². The number of anilines is 1. The van der Waals surface area contributed by atoms with Crippen molar-refractivity contribution in [2.24, 2.45) is 0 Å². The number of aryl methyl sites for hydroxylation is 1. The topological polar surface area (TPSA) is 26.0 Å². The second-order valence-electron chi connectivity index (χ2n) is 4.40. The maximum absolute atomic E-state index is 5.83. The molecule has 1 aromatic rings. The van der Waals surface area contributed by atoms with Crippen LogP contribution < -0.4 is 5.73 Å². The van der Waals surface area contributed by atoms with Crippen LogP contribution in [-0.2, 0) is 0 Å². The van der Waals surface area contributed by atoms with Crippen molar-refractivity contribution >= 4 is 11.3 Å². The van der Waals surface area contributed by atoms with E-state index in [1.54, 1.807) is 0 Å². The second-order valence-corrected chi connectivity index (χ2v) is 4.40. The summed E-state index contributed by atoms with van der Waals surface area (Å²) < 4.78 is 0. The van der Waals surface area contributed by atoms with Crippen molar-refractivity contribution in [1.82, 2.24) is 0 Å². The zero-order chi connectivity index (χ0) is 10.7. The van der Waals surface area contributed by atoms with E-state index >= 15 is 0 Å². The van der Waals surface area contributed by atoms with Gasteiger partial charge in [0.1, 0.15) is 0 Å². The highest BCUT2D eigenvalue weighted by Gasteiger charge is 2.06. The van der Waals surface area contributed by atoms with E-state index in [1.165, 1.54) is 48.8 Å². The first-order valence-corrected chi connectivity index (χ1v) is 5.83. The summed E-state index contributed by atoms with van der Waals surface area (Å²) in [6.45, 7) is 2.08. The third-order valence-corrected chi connectivity index (χ3v) is 3.18. The van der Waals surface area contributed by atoms with E-state index in [2.05, 4.69) is 25.1 Å². The summed E-state index contributed by atoms with van der Waals surface area (Å²) in [5.74, 6) is 0. The van der Waals surface area contributed by atoms with Crippen molar-refractivity contribution in [3.8, 4) is 0 Å². The number of allylic oxidation sites excluding steroid dienone is 2. The van der Waals surface area contributed by atoms with Crippen molar-refractivity contribution in [2.75, 3.05) is 5.73 Å². The average molecular weight is 201 g/mol. The lowest BCUT2D eigenvalue weighted by molar-refractivity contribution is 0.720.